The highest BCUT2D eigenvalue weighted by Crippen LogP contribution is 2.30. The fourth-order valence-corrected chi connectivity index (χ4v) is 4.21. The van der Waals surface area contributed by atoms with E-state index in [4.69, 9.17) is 4.74 Å². The standard InChI is InChI=1S/C27H30N2O2/c1-4-29-25-13-9-8-12-23(25)24-16-21(14-15-26(24)29)18-28(17-20(2)3)27(30)19-31-22-10-6-5-7-11-22/h5-16,20H,4,17-19H2,1-3H3. The Hall–Kier alpha value is -3.27. The van der Waals surface area contributed by atoms with Gasteiger partial charge in [-0.05, 0) is 48.7 Å². The van der Waals surface area contributed by atoms with Crippen LogP contribution in [0.15, 0.2) is 72.8 Å². The number of rotatable bonds is 8. The molecule has 4 rings (SSSR count). The number of fused-ring (bicyclic) bond motifs is 3. The van der Waals surface area contributed by atoms with Crippen LogP contribution in [0.2, 0.25) is 0 Å². The Kier molecular flexibility index (Phi) is 6.26. The lowest BCUT2D eigenvalue weighted by molar-refractivity contribution is -0.134. The van der Waals surface area contributed by atoms with Gasteiger partial charge in [0.1, 0.15) is 5.75 Å². The summed E-state index contributed by atoms with van der Waals surface area (Å²) in [5.74, 6) is 1.11. The number of aromatic nitrogens is 1. The molecule has 31 heavy (non-hydrogen) atoms. The van der Waals surface area contributed by atoms with Gasteiger partial charge in [0.15, 0.2) is 6.61 Å². The van der Waals surface area contributed by atoms with Crippen molar-refractivity contribution in [3.05, 3.63) is 78.4 Å². The summed E-state index contributed by atoms with van der Waals surface area (Å²) in [5, 5.41) is 2.50. The maximum atomic E-state index is 13.0. The Morgan fingerprint density at radius 3 is 2.39 bits per heavy atom. The van der Waals surface area contributed by atoms with E-state index in [0.29, 0.717) is 24.8 Å². The third-order valence-corrected chi connectivity index (χ3v) is 5.57. The molecule has 0 fully saturated rings. The molecule has 1 heterocycles. The monoisotopic (exact) mass is 414 g/mol. The molecule has 4 heteroatoms. The molecule has 3 aromatic carbocycles. The molecule has 1 aromatic heterocycles. The number of ether oxygens (including phenoxy) is 1. The zero-order valence-corrected chi connectivity index (χ0v) is 18.5. The van der Waals surface area contributed by atoms with E-state index in [1.165, 1.54) is 21.8 Å². The molecule has 0 radical (unpaired) electrons. The Labute approximate surface area is 184 Å². The fourth-order valence-electron chi connectivity index (χ4n) is 4.21. The molecule has 1 amide bonds. The van der Waals surface area contributed by atoms with E-state index in [9.17, 15) is 4.79 Å². The number of carbonyl (C=O) groups excluding carboxylic acids is 1. The molecule has 0 N–H and O–H groups in total. The molecule has 4 aromatic rings. The van der Waals surface area contributed by atoms with Crippen LogP contribution in [0.25, 0.3) is 21.8 Å². The molecule has 0 aliphatic heterocycles. The van der Waals surface area contributed by atoms with Gasteiger partial charge in [-0.1, -0.05) is 56.3 Å². The van der Waals surface area contributed by atoms with Crippen LogP contribution in [-0.2, 0) is 17.9 Å². The van der Waals surface area contributed by atoms with Gasteiger partial charge in [0.2, 0.25) is 0 Å². The largest absolute Gasteiger partial charge is 0.484 e. The summed E-state index contributed by atoms with van der Waals surface area (Å²) in [6.07, 6.45) is 0. The first-order valence-corrected chi connectivity index (χ1v) is 11.0. The van der Waals surface area contributed by atoms with Crippen LogP contribution in [0.1, 0.15) is 26.3 Å². The first-order chi connectivity index (χ1) is 15.1. The molecular weight excluding hydrogens is 384 g/mol. The number of aryl methyl sites for hydroxylation is 1. The van der Waals surface area contributed by atoms with Crippen LogP contribution in [0.3, 0.4) is 0 Å². The number of amides is 1. The minimum Gasteiger partial charge on any atom is -0.484 e. The van der Waals surface area contributed by atoms with E-state index in [0.717, 1.165) is 12.1 Å². The summed E-state index contributed by atoms with van der Waals surface area (Å²) in [7, 11) is 0. The quantitative estimate of drug-likeness (QED) is 0.361. The molecule has 0 saturated heterocycles. The highest BCUT2D eigenvalue weighted by Gasteiger charge is 2.17. The number of benzene rings is 3. The second-order valence-electron chi connectivity index (χ2n) is 8.38. The van der Waals surface area contributed by atoms with Crippen LogP contribution in [-0.4, -0.2) is 28.5 Å². The lowest BCUT2D eigenvalue weighted by atomic mass is 10.1. The molecule has 0 aliphatic carbocycles. The van der Waals surface area contributed by atoms with Crippen LogP contribution >= 0.6 is 0 Å². The molecule has 160 valence electrons. The van der Waals surface area contributed by atoms with Gasteiger partial charge in [-0.3, -0.25) is 4.79 Å². The minimum absolute atomic E-state index is 0.00800. The summed E-state index contributed by atoms with van der Waals surface area (Å²) in [4.78, 5) is 14.9. The second kappa shape index (κ2) is 9.25. The lowest BCUT2D eigenvalue weighted by Crippen LogP contribution is -2.37. The minimum atomic E-state index is 0.00800. The summed E-state index contributed by atoms with van der Waals surface area (Å²) < 4.78 is 8.07. The summed E-state index contributed by atoms with van der Waals surface area (Å²) in [6.45, 7) is 8.71. The number of para-hydroxylation sites is 2. The van der Waals surface area contributed by atoms with Crippen molar-refractivity contribution < 1.29 is 9.53 Å². The van der Waals surface area contributed by atoms with Gasteiger partial charge in [-0.25, -0.2) is 0 Å². The summed E-state index contributed by atoms with van der Waals surface area (Å²) in [6, 6.07) is 24.6. The zero-order valence-electron chi connectivity index (χ0n) is 18.5. The number of hydrogen-bond donors (Lipinski definition) is 0. The van der Waals surface area contributed by atoms with Crippen molar-refractivity contribution in [2.45, 2.75) is 33.9 Å². The number of carbonyl (C=O) groups is 1. The second-order valence-corrected chi connectivity index (χ2v) is 8.38. The zero-order chi connectivity index (χ0) is 21.8. The SMILES string of the molecule is CCn1c2ccccc2c2cc(CN(CC(C)C)C(=O)COc3ccccc3)ccc21. The smallest absolute Gasteiger partial charge is 0.260 e. The van der Waals surface area contributed by atoms with E-state index < -0.39 is 0 Å². The predicted molar refractivity (Wildman–Crippen MR) is 127 cm³/mol. The normalized spacial score (nSPS) is 11.4. The molecule has 0 saturated carbocycles. The Morgan fingerprint density at radius 1 is 0.935 bits per heavy atom. The van der Waals surface area contributed by atoms with Crippen LogP contribution < -0.4 is 4.74 Å². The van der Waals surface area contributed by atoms with E-state index >= 15 is 0 Å². The maximum Gasteiger partial charge on any atom is 0.260 e. The summed E-state index contributed by atoms with van der Waals surface area (Å²) >= 11 is 0. The number of hydrogen-bond acceptors (Lipinski definition) is 2. The average molecular weight is 415 g/mol. The van der Waals surface area contributed by atoms with Gasteiger partial charge >= 0.3 is 0 Å². The van der Waals surface area contributed by atoms with E-state index in [-0.39, 0.29) is 12.5 Å². The third kappa shape index (κ3) is 4.58. The molecule has 0 aliphatic rings. The average Bonchev–Trinajstić information content (AvgIpc) is 3.10. The highest BCUT2D eigenvalue weighted by atomic mass is 16.5. The maximum absolute atomic E-state index is 13.0. The topological polar surface area (TPSA) is 34.5 Å². The van der Waals surface area contributed by atoms with Crippen LogP contribution in [0.5, 0.6) is 5.75 Å². The van der Waals surface area contributed by atoms with Crippen molar-refractivity contribution in [3.8, 4) is 5.75 Å². The van der Waals surface area contributed by atoms with Crippen molar-refractivity contribution in [3.63, 3.8) is 0 Å². The molecule has 4 nitrogen and oxygen atoms in total. The van der Waals surface area contributed by atoms with Gasteiger partial charge in [0, 0.05) is 41.4 Å². The number of nitrogens with zero attached hydrogens (tertiary/aromatic N) is 2. The molecule has 0 spiro atoms. The summed E-state index contributed by atoms with van der Waals surface area (Å²) in [5.41, 5.74) is 3.63. The fraction of sp³-hybridized carbons (Fsp3) is 0.296. The van der Waals surface area contributed by atoms with Crippen molar-refractivity contribution in [1.29, 1.82) is 0 Å². The van der Waals surface area contributed by atoms with Gasteiger partial charge in [-0.2, -0.15) is 0 Å². The van der Waals surface area contributed by atoms with E-state index in [2.05, 4.69) is 67.8 Å². The molecule has 0 bridgehead atoms. The Morgan fingerprint density at radius 2 is 1.65 bits per heavy atom. The first-order valence-electron chi connectivity index (χ1n) is 11.0. The van der Waals surface area contributed by atoms with Gasteiger partial charge < -0.3 is 14.2 Å². The Bertz CT molecular complexity index is 1180. The van der Waals surface area contributed by atoms with Crippen molar-refractivity contribution in [2.24, 2.45) is 5.92 Å². The van der Waals surface area contributed by atoms with Gasteiger partial charge in [0.25, 0.3) is 5.91 Å². The third-order valence-electron chi connectivity index (χ3n) is 5.57. The van der Waals surface area contributed by atoms with Crippen LogP contribution in [0.4, 0.5) is 0 Å². The van der Waals surface area contributed by atoms with Gasteiger partial charge in [-0.15, -0.1) is 0 Å². The Balaban J connectivity index is 1.59. The molecular formula is C27H30N2O2. The van der Waals surface area contributed by atoms with Crippen molar-refractivity contribution >= 4 is 27.7 Å². The van der Waals surface area contributed by atoms with Crippen LogP contribution in [0, 0.1) is 5.92 Å². The predicted octanol–water partition coefficient (Wildman–Crippen LogP) is 5.88. The van der Waals surface area contributed by atoms with E-state index in [1.54, 1.807) is 0 Å². The highest BCUT2D eigenvalue weighted by molar-refractivity contribution is 6.08. The van der Waals surface area contributed by atoms with Crippen molar-refractivity contribution in [2.75, 3.05) is 13.2 Å². The van der Waals surface area contributed by atoms with E-state index in [1.807, 2.05) is 35.2 Å². The first kappa shape index (κ1) is 21.0. The molecule has 0 atom stereocenters. The lowest BCUT2D eigenvalue weighted by Gasteiger charge is -2.25. The van der Waals surface area contributed by atoms with Gasteiger partial charge in [0.05, 0.1) is 0 Å². The molecule has 0 unspecified atom stereocenters. The van der Waals surface area contributed by atoms with Crippen molar-refractivity contribution in [1.82, 2.24) is 9.47 Å².